The molecule has 0 bridgehead atoms. The molecule has 0 spiro atoms. The molecule has 0 radical (unpaired) electrons. The molecule has 26 heavy (non-hydrogen) atoms. The fraction of sp³-hybridized carbons (Fsp3) is 0.353. The van der Waals surface area contributed by atoms with Crippen molar-refractivity contribution < 1.29 is 24.0 Å². The van der Waals surface area contributed by atoms with Crippen molar-refractivity contribution in [2.45, 2.75) is 25.8 Å². The number of pyridine rings is 1. The quantitative estimate of drug-likeness (QED) is 0.347. The average Bonchev–Trinajstić information content (AvgIpc) is 3.11. The lowest BCUT2D eigenvalue weighted by atomic mass is 10.1. The van der Waals surface area contributed by atoms with Crippen molar-refractivity contribution in [3.63, 3.8) is 0 Å². The molecule has 0 aliphatic carbocycles. The molecule has 1 aromatic heterocycles. The minimum atomic E-state index is -0.595. The molecule has 2 heterocycles. The predicted molar refractivity (Wildman–Crippen MR) is 90.4 cm³/mol. The Labute approximate surface area is 148 Å². The van der Waals surface area contributed by atoms with Gasteiger partial charge in [-0.2, -0.15) is 0 Å². The minimum absolute atomic E-state index is 0.0829. The van der Waals surface area contributed by atoms with E-state index in [0.717, 1.165) is 6.42 Å². The molecule has 0 N–H and O–H groups in total. The summed E-state index contributed by atoms with van der Waals surface area (Å²) in [5.41, 5.74) is 0.226. The van der Waals surface area contributed by atoms with E-state index in [1.165, 1.54) is 30.2 Å². The van der Waals surface area contributed by atoms with Crippen LogP contribution in [0.1, 0.15) is 19.8 Å². The van der Waals surface area contributed by atoms with Crippen LogP contribution in [0.5, 0.6) is 5.75 Å². The summed E-state index contributed by atoms with van der Waals surface area (Å²) in [7, 11) is 0. The number of hydrogen-bond acceptors (Lipinski definition) is 7. The number of likely N-dealkylation sites (tertiary alicyclic amines) is 1. The number of nitro groups is 1. The molecule has 1 aromatic carbocycles. The van der Waals surface area contributed by atoms with Crippen molar-refractivity contribution in [2.24, 2.45) is 0 Å². The number of non-ortho nitro benzene ring substituents is 1. The van der Waals surface area contributed by atoms with E-state index in [2.05, 4.69) is 4.98 Å². The van der Waals surface area contributed by atoms with Crippen LogP contribution in [0.25, 0.3) is 10.9 Å². The van der Waals surface area contributed by atoms with Crippen molar-refractivity contribution in [3.05, 3.63) is 40.6 Å². The SMILES string of the molecule is CC(=O)N1CCC[C@H]1C(=O)OCOc1ccc([N+](=O)[O-])c2cccnc12. The summed E-state index contributed by atoms with van der Waals surface area (Å²) < 4.78 is 10.6. The predicted octanol–water partition coefficient (Wildman–Crippen LogP) is 2.03. The number of hydrogen-bond donors (Lipinski definition) is 0. The molecule has 1 fully saturated rings. The Morgan fingerprint density at radius 3 is 2.92 bits per heavy atom. The maximum atomic E-state index is 12.2. The highest BCUT2D eigenvalue weighted by Gasteiger charge is 2.33. The number of rotatable bonds is 5. The number of aromatic nitrogens is 1. The Bertz CT molecular complexity index is 869. The number of nitro benzene ring substituents is 1. The van der Waals surface area contributed by atoms with Gasteiger partial charge in [0.05, 0.1) is 10.3 Å². The van der Waals surface area contributed by atoms with Gasteiger partial charge in [0.25, 0.3) is 5.69 Å². The van der Waals surface area contributed by atoms with Crippen molar-refractivity contribution >= 4 is 28.5 Å². The van der Waals surface area contributed by atoms with Crippen molar-refractivity contribution in [1.82, 2.24) is 9.88 Å². The third kappa shape index (κ3) is 3.41. The number of ether oxygens (including phenoxy) is 2. The van der Waals surface area contributed by atoms with E-state index in [9.17, 15) is 19.7 Å². The lowest BCUT2D eigenvalue weighted by Gasteiger charge is -2.21. The summed E-state index contributed by atoms with van der Waals surface area (Å²) in [6, 6.07) is 5.30. The lowest BCUT2D eigenvalue weighted by Crippen LogP contribution is -2.40. The van der Waals surface area contributed by atoms with Crippen LogP contribution in [0.15, 0.2) is 30.5 Å². The first-order valence-corrected chi connectivity index (χ1v) is 8.08. The van der Waals surface area contributed by atoms with Crippen molar-refractivity contribution in [1.29, 1.82) is 0 Å². The summed E-state index contributed by atoms with van der Waals surface area (Å²) in [4.78, 5) is 39.9. The molecule has 9 nitrogen and oxygen atoms in total. The molecule has 1 amide bonds. The molecule has 3 rings (SSSR count). The monoisotopic (exact) mass is 359 g/mol. The number of fused-ring (bicyclic) bond motifs is 1. The normalized spacial score (nSPS) is 16.5. The third-order valence-corrected chi connectivity index (χ3v) is 4.25. The van der Waals surface area contributed by atoms with E-state index in [4.69, 9.17) is 9.47 Å². The molecule has 0 saturated carbocycles. The summed E-state index contributed by atoms with van der Waals surface area (Å²) in [6.45, 7) is 1.58. The Morgan fingerprint density at radius 2 is 2.19 bits per heavy atom. The molecule has 1 saturated heterocycles. The van der Waals surface area contributed by atoms with Gasteiger partial charge in [-0.1, -0.05) is 0 Å². The van der Waals surface area contributed by atoms with Gasteiger partial charge < -0.3 is 14.4 Å². The molecule has 136 valence electrons. The number of benzene rings is 1. The average molecular weight is 359 g/mol. The van der Waals surface area contributed by atoms with Crippen LogP contribution in [0.4, 0.5) is 5.69 Å². The largest absolute Gasteiger partial charge is 0.455 e. The highest BCUT2D eigenvalue weighted by molar-refractivity contribution is 5.92. The second kappa shape index (κ2) is 7.34. The lowest BCUT2D eigenvalue weighted by molar-refractivity contribution is -0.383. The molecule has 0 unspecified atom stereocenters. The molecule has 1 aliphatic rings. The second-order valence-corrected chi connectivity index (χ2v) is 5.84. The number of esters is 1. The number of carbonyl (C=O) groups excluding carboxylic acids is 2. The Morgan fingerprint density at radius 1 is 1.38 bits per heavy atom. The summed E-state index contributed by atoms with van der Waals surface area (Å²) >= 11 is 0. The summed E-state index contributed by atoms with van der Waals surface area (Å²) in [5.74, 6) is -0.429. The maximum absolute atomic E-state index is 12.2. The summed E-state index contributed by atoms with van der Waals surface area (Å²) in [6.07, 6.45) is 2.80. The van der Waals surface area contributed by atoms with Gasteiger partial charge in [-0.25, -0.2) is 4.79 Å². The van der Waals surface area contributed by atoms with Crippen LogP contribution in [-0.4, -0.2) is 46.1 Å². The Kier molecular flexibility index (Phi) is 4.97. The molecular formula is C17H17N3O6. The van der Waals surface area contributed by atoms with Gasteiger partial charge in [0.2, 0.25) is 12.7 Å². The van der Waals surface area contributed by atoms with Crippen LogP contribution < -0.4 is 4.74 Å². The zero-order valence-electron chi connectivity index (χ0n) is 14.1. The van der Waals surface area contributed by atoms with Gasteiger partial charge in [0.1, 0.15) is 17.3 Å². The van der Waals surface area contributed by atoms with Crippen LogP contribution in [0.3, 0.4) is 0 Å². The number of carbonyl (C=O) groups is 2. The van der Waals surface area contributed by atoms with E-state index in [1.54, 1.807) is 12.1 Å². The molecule has 9 heteroatoms. The Hall–Kier alpha value is -3.23. The molecule has 1 atom stereocenters. The van der Waals surface area contributed by atoms with Crippen LogP contribution in [0, 0.1) is 10.1 Å². The van der Waals surface area contributed by atoms with Crippen molar-refractivity contribution in [3.8, 4) is 5.75 Å². The minimum Gasteiger partial charge on any atom is -0.455 e. The van der Waals surface area contributed by atoms with Crippen LogP contribution in [-0.2, 0) is 14.3 Å². The first-order valence-electron chi connectivity index (χ1n) is 8.08. The fourth-order valence-corrected chi connectivity index (χ4v) is 3.04. The van der Waals surface area contributed by atoms with E-state index in [0.29, 0.717) is 23.9 Å². The summed E-state index contributed by atoms with van der Waals surface area (Å²) in [5, 5.41) is 11.4. The van der Waals surface area contributed by atoms with Gasteiger partial charge in [0.15, 0.2) is 0 Å². The zero-order valence-corrected chi connectivity index (χ0v) is 14.1. The zero-order chi connectivity index (χ0) is 18.7. The van der Waals surface area contributed by atoms with Gasteiger partial charge in [-0.15, -0.1) is 0 Å². The van der Waals surface area contributed by atoms with Gasteiger partial charge in [0, 0.05) is 25.7 Å². The van der Waals surface area contributed by atoms with E-state index in [1.807, 2.05) is 0 Å². The van der Waals surface area contributed by atoms with Gasteiger partial charge >= 0.3 is 5.97 Å². The van der Waals surface area contributed by atoms with E-state index < -0.39 is 16.9 Å². The first kappa shape index (κ1) is 17.6. The second-order valence-electron chi connectivity index (χ2n) is 5.84. The molecule has 1 aliphatic heterocycles. The maximum Gasteiger partial charge on any atom is 0.331 e. The van der Waals surface area contributed by atoms with E-state index >= 15 is 0 Å². The van der Waals surface area contributed by atoms with Gasteiger partial charge in [-0.05, 0) is 31.0 Å². The van der Waals surface area contributed by atoms with Crippen LogP contribution >= 0.6 is 0 Å². The number of amides is 1. The third-order valence-electron chi connectivity index (χ3n) is 4.25. The van der Waals surface area contributed by atoms with Crippen molar-refractivity contribution in [2.75, 3.05) is 13.3 Å². The Balaban J connectivity index is 1.69. The first-order chi connectivity index (χ1) is 12.5. The number of nitrogens with zero attached hydrogens (tertiary/aromatic N) is 3. The molecular weight excluding hydrogens is 342 g/mol. The fourth-order valence-electron chi connectivity index (χ4n) is 3.04. The topological polar surface area (TPSA) is 112 Å². The highest BCUT2D eigenvalue weighted by Crippen LogP contribution is 2.31. The smallest absolute Gasteiger partial charge is 0.331 e. The van der Waals surface area contributed by atoms with Gasteiger partial charge in [-0.3, -0.25) is 19.9 Å². The molecule has 2 aromatic rings. The standard InChI is InChI=1S/C17H17N3O6/c1-11(21)19-9-3-5-14(19)17(22)26-10-25-15-7-6-13(20(23)24)12-4-2-8-18-16(12)15/h2,4,6-8,14H,3,5,9-10H2,1H3/t14-/m0/s1. The van der Waals surface area contributed by atoms with Crippen LogP contribution in [0.2, 0.25) is 0 Å². The highest BCUT2D eigenvalue weighted by atomic mass is 16.7. The van der Waals surface area contributed by atoms with E-state index in [-0.39, 0.29) is 24.1 Å².